The van der Waals surface area contributed by atoms with Crippen LogP contribution < -0.4 is 11.1 Å². The Morgan fingerprint density at radius 2 is 2.17 bits per heavy atom. The summed E-state index contributed by atoms with van der Waals surface area (Å²) in [5, 5.41) is 16.6. The van der Waals surface area contributed by atoms with Crippen molar-refractivity contribution in [2.75, 3.05) is 13.1 Å². The summed E-state index contributed by atoms with van der Waals surface area (Å²) in [5.41, 5.74) is 6.57. The summed E-state index contributed by atoms with van der Waals surface area (Å²) in [6.07, 6.45) is 2.91. The SMILES string of the molecule is Cc1cc(F)ccc1-n1cc(O)c(C(=O)NCCCCN)n1.Cl. The Balaban J connectivity index is 0.00000264. The quantitative estimate of drug-likeness (QED) is 0.699. The van der Waals surface area contributed by atoms with Gasteiger partial charge in [-0.1, -0.05) is 0 Å². The van der Waals surface area contributed by atoms with Crippen molar-refractivity contribution in [2.45, 2.75) is 19.8 Å². The number of benzene rings is 1. The van der Waals surface area contributed by atoms with Crippen molar-refractivity contribution in [1.82, 2.24) is 15.1 Å². The Labute approximate surface area is 139 Å². The van der Waals surface area contributed by atoms with Crippen LogP contribution in [0.25, 0.3) is 5.69 Å². The number of unbranched alkanes of at least 4 members (excludes halogenated alkanes) is 1. The number of nitrogens with two attached hydrogens (primary N) is 1. The van der Waals surface area contributed by atoms with Crippen molar-refractivity contribution < 1.29 is 14.3 Å². The molecule has 0 fully saturated rings. The molecule has 4 N–H and O–H groups in total. The molecule has 6 nitrogen and oxygen atoms in total. The standard InChI is InChI=1S/C15H19FN4O2.ClH/c1-10-8-11(16)4-5-12(10)20-9-13(21)14(19-20)15(22)18-7-3-2-6-17;/h4-5,8-9,21H,2-3,6-7,17H2,1H3,(H,18,22);1H. The first-order chi connectivity index (χ1) is 10.5. The van der Waals surface area contributed by atoms with Crippen LogP contribution in [0, 0.1) is 12.7 Å². The molecule has 23 heavy (non-hydrogen) atoms. The summed E-state index contributed by atoms with van der Waals surface area (Å²) in [6, 6.07) is 4.20. The van der Waals surface area contributed by atoms with Crippen molar-refractivity contribution in [1.29, 1.82) is 0 Å². The predicted molar refractivity (Wildman–Crippen MR) is 87.8 cm³/mol. The normalized spacial score (nSPS) is 10.2. The van der Waals surface area contributed by atoms with Gasteiger partial charge in [0.2, 0.25) is 0 Å². The number of aromatic nitrogens is 2. The van der Waals surface area contributed by atoms with Gasteiger partial charge in [0.05, 0.1) is 11.9 Å². The molecule has 0 spiro atoms. The number of carbonyl (C=O) groups excluding carboxylic acids is 1. The Hall–Kier alpha value is -2.12. The first kappa shape index (κ1) is 18.9. The summed E-state index contributed by atoms with van der Waals surface area (Å²) >= 11 is 0. The van der Waals surface area contributed by atoms with Crippen molar-refractivity contribution >= 4 is 18.3 Å². The van der Waals surface area contributed by atoms with Crippen molar-refractivity contribution in [3.8, 4) is 11.4 Å². The number of nitrogens with zero attached hydrogens (tertiary/aromatic N) is 2. The van der Waals surface area contributed by atoms with Crippen LogP contribution in [0.15, 0.2) is 24.4 Å². The fourth-order valence-electron chi connectivity index (χ4n) is 2.08. The number of aromatic hydroxyl groups is 1. The van der Waals surface area contributed by atoms with Gasteiger partial charge in [-0.2, -0.15) is 5.10 Å². The molecule has 126 valence electrons. The van der Waals surface area contributed by atoms with E-state index in [1.807, 2.05) is 0 Å². The smallest absolute Gasteiger partial charge is 0.275 e. The third kappa shape index (κ3) is 4.67. The lowest BCUT2D eigenvalue weighted by molar-refractivity contribution is 0.0945. The second-order valence-corrected chi connectivity index (χ2v) is 4.99. The number of rotatable bonds is 6. The molecule has 0 radical (unpaired) electrons. The van der Waals surface area contributed by atoms with Crippen LogP contribution in [-0.2, 0) is 0 Å². The third-order valence-corrected chi connectivity index (χ3v) is 3.23. The minimum absolute atomic E-state index is 0. The van der Waals surface area contributed by atoms with Gasteiger partial charge in [-0.05, 0) is 50.1 Å². The summed E-state index contributed by atoms with van der Waals surface area (Å²) in [5.74, 6) is -1.02. The molecule has 0 bridgehead atoms. The van der Waals surface area contributed by atoms with Crippen LogP contribution >= 0.6 is 12.4 Å². The number of aryl methyl sites for hydroxylation is 1. The molecule has 8 heteroatoms. The topological polar surface area (TPSA) is 93.2 Å². The number of amides is 1. The van der Waals surface area contributed by atoms with Gasteiger partial charge in [-0.25, -0.2) is 9.07 Å². The molecule has 1 aromatic heterocycles. The van der Waals surface area contributed by atoms with Crippen molar-refractivity contribution in [2.24, 2.45) is 5.73 Å². The maximum atomic E-state index is 13.1. The summed E-state index contributed by atoms with van der Waals surface area (Å²) in [7, 11) is 0. The maximum absolute atomic E-state index is 13.1. The molecule has 0 aliphatic rings. The molecule has 0 unspecified atom stereocenters. The molecule has 1 heterocycles. The highest BCUT2D eigenvalue weighted by molar-refractivity contribution is 5.94. The Morgan fingerprint density at radius 3 is 2.83 bits per heavy atom. The van der Waals surface area contributed by atoms with E-state index in [2.05, 4.69) is 10.4 Å². The second kappa shape index (κ2) is 8.50. The van der Waals surface area contributed by atoms with Gasteiger partial charge >= 0.3 is 0 Å². The van der Waals surface area contributed by atoms with E-state index in [4.69, 9.17) is 5.73 Å². The molecular weight excluding hydrogens is 323 g/mol. The fraction of sp³-hybridized carbons (Fsp3) is 0.333. The summed E-state index contributed by atoms with van der Waals surface area (Å²) in [6.45, 7) is 2.77. The molecule has 0 aliphatic carbocycles. The first-order valence-corrected chi connectivity index (χ1v) is 7.06. The highest BCUT2D eigenvalue weighted by Crippen LogP contribution is 2.20. The number of hydrogen-bond acceptors (Lipinski definition) is 4. The Bertz CT molecular complexity index is 675. The molecule has 1 aromatic carbocycles. The molecule has 1 amide bonds. The monoisotopic (exact) mass is 342 g/mol. The molecule has 2 aromatic rings. The second-order valence-electron chi connectivity index (χ2n) is 4.99. The average molecular weight is 343 g/mol. The zero-order valence-electron chi connectivity index (χ0n) is 12.8. The Kier molecular flexibility index (Phi) is 6.99. The zero-order valence-corrected chi connectivity index (χ0v) is 13.6. The van der Waals surface area contributed by atoms with E-state index in [0.29, 0.717) is 24.3 Å². The number of carbonyl (C=O) groups is 1. The molecule has 2 rings (SSSR count). The van der Waals surface area contributed by atoms with E-state index >= 15 is 0 Å². The minimum atomic E-state index is -0.451. The predicted octanol–water partition coefficient (Wildman–Crippen LogP) is 1.92. The highest BCUT2D eigenvalue weighted by Gasteiger charge is 2.17. The van der Waals surface area contributed by atoms with Gasteiger partial charge in [0.1, 0.15) is 5.82 Å². The van der Waals surface area contributed by atoms with Gasteiger partial charge in [0, 0.05) is 6.54 Å². The fourth-order valence-corrected chi connectivity index (χ4v) is 2.08. The highest BCUT2D eigenvalue weighted by atomic mass is 35.5. The third-order valence-electron chi connectivity index (χ3n) is 3.23. The molecule has 0 saturated carbocycles. The van der Waals surface area contributed by atoms with E-state index in [0.717, 1.165) is 12.8 Å². The van der Waals surface area contributed by atoms with Crippen LogP contribution in [-0.4, -0.2) is 33.9 Å². The van der Waals surface area contributed by atoms with E-state index < -0.39 is 5.91 Å². The lowest BCUT2D eigenvalue weighted by Gasteiger charge is -2.05. The van der Waals surface area contributed by atoms with E-state index in [9.17, 15) is 14.3 Å². The van der Waals surface area contributed by atoms with Crippen LogP contribution in [0.1, 0.15) is 28.9 Å². The van der Waals surface area contributed by atoms with Crippen LogP contribution in [0.4, 0.5) is 4.39 Å². The summed E-state index contributed by atoms with van der Waals surface area (Å²) < 4.78 is 14.5. The maximum Gasteiger partial charge on any atom is 0.275 e. The molecule has 0 atom stereocenters. The first-order valence-electron chi connectivity index (χ1n) is 7.06. The lowest BCUT2D eigenvalue weighted by Crippen LogP contribution is -2.25. The van der Waals surface area contributed by atoms with Crippen LogP contribution in [0.3, 0.4) is 0 Å². The van der Waals surface area contributed by atoms with Crippen molar-refractivity contribution in [3.05, 3.63) is 41.5 Å². The Morgan fingerprint density at radius 1 is 1.43 bits per heavy atom. The van der Waals surface area contributed by atoms with Crippen molar-refractivity contribution in [3.63, 3.8) is 0 Å². The lowest BCUT2D eigenvalue weighted by atomic mass is 10.2. The number of halogens is 2. The van der Waals surface area contributed by atoms with Gasteiger partial charge in [0.15, 0.2) is 11.4 Å². The van der Waals surface area contributed by atoms with Crippen LogP contribution in [0.5, 0.6) is 5.75 Å². The number of hydrogen-bond donors (Lipinski definition) is 3. The van der Waals surface area contributed by atoms with E-state index in [-0.39, 0.29) is 29.7 Å². The largest absolute Gasteiger partial charge is 0.504 e. The zero-order chi connectivity index (χ0) is 16.1. The molecule has 0 saturated heterocycles. The summed E-state index contributed by atoms with van der Waals surface area (Å²) in [4.78, 5) is 12.0. The van der Waals surface area contributed by atoms with Crippen LogP contribution in [0.2, 0.25) is 0 Å². The average Bonchev–Trinajstić information content (AvgIpc) is 2.85. The minimum Gasteiger partial charge on any atom is -0.504 e. The van der Waals surface area contributed by atoms with Gasteiger partial charge < -0.3 is 16.2 Å². The molecule has 0 aliphatic heterocycles. The van der Waals surface area contributed by atoms with Gasteiger partial charge in [0.25, 0.3) is 5.91 Å². The van der Waals surface area contributed by atoms with E-state index in [1.54, 1.807) is 13.0 Å². The number of nitrogens with one attached hydrogen (secondary N) is 1. The van der Waals surface area contributed by atoms with E-state index in [1.165, 1.54) is 23.0 Å². The van der Waals surface area contributed by atoms with Gasteiger partial charge in [-0.3, -0.25) is 4.79 Å². The van der Waals surface area contributed by atoms with Gasteiger partial charge in [-0.15, -0.1) is 12.4 Å². The molecular formula is C15H20ClFN4O2.